The molecule has 0 fully saturated rings. The van der Waals surface area contributed by atoms with Gasteiger partial charge in [0.15, 0.2) is 0 Å². The molecule has 2 atom stereocenters. The highest BCUT2D eigenvalue weighted by Crippen LogP contribution is 2.11. The Labute approximate surface area is 59.2 Å². The van der Waals surface area contributed by atoms with Crippen LogP contribution < -0.4 is 0 Å². The molecule has 0 amide bonds. The van der Waals surface area contributed by atoms with Gasteiger partial charge in [-0.3, -0.25) is 0 Å². The molecular weight excluding hydrogens is 172 g/mol. The van der Waals surface area contributed by atoms with Crippen molar-refractivity contribution >= 4 is 28.6 Å². The summed E-state index contributed by atoms with van der Waals surface area (Å²) in [5.41, 5.74) is 0. The molecule has 0 aliphatic heterocycles. The van der Waals surface area contributed by atoms with Crippen molar-refractivity contribution in [3.05, 3.63) is 0 Å². The molecule has 0 bridgehead atoms. The number of hydrogen-bond acceptors (Lipinski definition) is 1. The average Bonchev–Trinajstić information content (AvgIpc) is 1.65. The standard InChI is InChI=1S/C5H11BrS/c1-4(3-7)5(2)6/h4-5,7H,3H2,1-2H3/t4?,5-/m0/s1. The van der Waals surface area contributed by atoms with E-state index in [0.29, 0.717) is 10.7 Å². The zero-order chi connectivity index (χ0) is 5.86. The maximum atomic E-state index is 4.12. The average molecular weight is 183 g/mol. The predicted molar refractivity (Wildman–Crippen MR) is 41.4 cm³/mol. The van der Waals surface area contributed by atoms with Crippen LogP contribution in [0.2, 0.25) is 0 Å². The molecule has 0 nitrogen and oxygen atoms in total. The molecule has 0 radical (unpaired) electrons. The van der Waals surface area contributed by atoms with Crippen LogP contribution in [0.3, 0.4) is 0 Å². The molecule has 0 heterocycles. The van der Waals surface area contributed by atoms with Gasteiger partial charge in [0.1, 0.15) is 0 Å². The van der Waals surface area contributed by atoms with E-state index in [1.165, 1.54) is 0 Å². The molecule has 0 aliphatic carbocycles. The van der Waals surface area contributed by atoms with E-state index >= 15 is 0 Å². The first kappa shape index (κ1) is 7.83. The Morgan fingerprint density at radius 3 is 2.00 bits per heavy atom. The Morgan fingerprint density at radius 1 is 1.57 bits per heavy atom. The number of halogens is 1. The topological polar surface area (TPSA) is 0 Å². The number of alkyl halides is 1. The van der Waals surface area contributed by atoms with Gasteiger partial charge < -0.3 is 0 Å². The molecule has 2 heteroatoms. The van der Waals surface area contributed by atoms with Gasteiger partial charge >= 0.3 is 0 Å². The summed E-state index contributed by atoms with van der Waals surface area (Å²) in [6.07, 6.45) is 0. The molecule has 1 unspecified atom stereocenters. The Morgan fingerprint density at radius 2 is 2.00 bits per heavy atom. The Kier molecular flexibility index (Phi) is 4.24. The minimum Gasteiger partial charge on any atom is -0.179 e. The molecule has 0 N–H and O–H groups in total. The van der Waals surface area contributed by atoms with Crippen molar-refractivity contribution < 1.29 is 0 Å². The number of thiol groups is 1. The van der Waals surface area contributed by atoms with Gasteiger partial charge in [-0.2, -0.15) is 12.6 Å². The lowest BCUT2D eigenvalue weighted by atomic mass is 10.2. The van der Waals surface area contributed by atoms with Crippen LogP contribution in [-0.4, -0.2) is 10.6 Å². The van der Waals surface area contributed by atoms with Gasteiger partial charge in [-0.25, -0.2) is 0 Å². The van der Waals surface area contributed by atoms with E-state index < -0.39 is 0 Å². The van der Waals surface area contributed by atoms with E-state index in [4.69, 9.17) is 0 Å². The third kappa shape index (κ3) is 3.42. The van der Waals surface area contributed by atoms with Crippen molar-refractivity contribution in [3.63, 3.8) is 0 Å². The van der Waals surface area contributed by atoms with Gasteiger partial charge in [-0.15, -0.1) is 0 Å². The van der Waals surface area contributed by atoms with E-state index in [1.807, 2.05) is 0 Å². The molecule has 0 aromatic carbocycles. The van der Waals surface area contributed by atoms with Crippen LogP contribution in [0.25, 0.3) is 0 Å². The molecule has 7 heavy (non-hydrogen) atoms. The normalized spacial score (nSPS) is 18.9. The first-order valence-electron chi connectivity index (χ1n) is 2.43. The fraction of sp³-hybridized carbons (Fsp3) is 1.00. The zero-order valence-electron chi connectivity index (χ0n) is 4.69. The Balaban J connectivity index is 3.14. The van der Waals surface area contributed by atoms with Crippen LogP contribution in [0.15, 0.2) is 0 Å². The summed E-state index contributed by atoms with van der Waals surface area (Å²) in [6, 6.07) is 0. The first-order chi connectivity index (χ1) is 3.18. The lowest BCUT2D eigenvalue weighted by molar-refractivity contribution is 0.664. The SMILES string of the molecule is CC(CS)[C@H](C)Br. The third-order valence-electron chi connectivity index (χ3n) is 1.07. The quantitative estimate of drug-likeness (QED) is 0.493. The Hall–Kier alpha value is 0.830. The van der Waals surface area contributed by atoms with Crippen molar-refractivity contribution in [1.29, 1.82) is 0 Å². The summed E-state index contributed by atoms with van der Waals surface area (Å²) in [5.74, 6) is 1.65. The van der Waals surface area contributed by atoms with Crippen LogP contribution in [0.5, 0.6) is 0 Å². The van der Waals surface area contributed by atoms with Crippen LogP contribution in [0.1, 0.15) is 13.8 Å². The zero-order valence-corrected chi connectivity index (χ0v) is 7.17. The monoisotopic (exact) mass is 182 g/mol. The fourth-order valence-electron chi connectivity index (χ4n) is 0.145. The maximum absolute atomic E-state index is 4.12. The van der Waals surface area contributed by atoms with Crippen LogP contribution in [-0.2, 0) is 0 Å². The minimum absolute atomic E-state index is 0.602. The Bertz CT molecular complexity index is 45.3. The molecular formula is C5H11BrS. The maximum Gasteiger partial charge on any atom is 0.0150 e. The summed E-state index contributed by atoms with van der Waals surface area (Å²) >= 11 is 7.58. The van der Waals surface area contributed by atoms with Crippen molar-refractivity contribution in [1.82, 2.24) is 0 Å². The summed E-state index contributed by atoms with van der Waals surface area (Å²) in [7, 11) is 0. The number of rotatable bonds is 2. The van der Waals surface area contributed by atoms with Gasteiger partial charge in [-0.1, -0.05) is 29.8 Å². The lowest BCUT2D eigenvalue weighted by Gasteiger charge is -2.08. The van der Waals surface area contributed by atoms with Crippen LogP contribution in [0, 0.1) is 5.92 Å². The van der Waals surface area contributed by atoms with Gasteiger partial charge in [0.05, 0.1) is 0 Å². The van der Waals surface area contributed by atoms with Crippen molar-refractivity contribution in [2.75, 3.05) is 5.75 Å². The molecule has 0 saturated heterocycles. The summed E-state index contributed by atoms with van der Waals surface area (Å²) in [4.78, 5) is 0.602. The van der Waals surface area contributed by atoms with Crippen LogP contribution >= 0.6 is 28.6 Å². The molecule has 0 aliphatic rings. The van der Waals surface area contributed by atoms with Crippen LogP contribution in [0.4, 0.5) is 0 Å². The van der Waals surface area contributed by atoms with E-state index in [9.17, 15) is 0 Å². The fourth-order valence-corrected chi connectivity index (χ4v) is 0.937. The summed E-state index contributed by atoms with van der Waals surface area (Å²) < 4.78 is 0. The molecule has 0 spiro atoms. The lowest BCUT2D eigenvalue weighted by Crippen LogP contribution is -2.06. The smallest absolute Gasteiger partial charge is 0.0150 e. The second-order valence-electron chi connectivity index (χ2n) is 1.84. The van der Waals surface area contributed by atoms with E-state index in [0.717, 1.165) is 5.75 Å². The minimum atomic E-state index is 0.602. The molecule has 0 aromatic rings. The summed E-state index contributed by atoms with van der Waals surface area (Å²) in [5, 5.41) is 0. The molecule has 44 valence electrons. The van der Waals surface area contributed by atoms with Crippen molar-refractivity contribution in [2.24, 2.45) is 5.92 Å². The number of hydrogen-bond donors (Lipinski definition) is 1. The molecule has 0 rings (SSSR count). The van der Waals surface area contributed by atoms with Gasteiger partial charge in [0, 0.05) is 4.83 Å². The van der Waals surface area contributed by atoms with E-state index in [-0.39, 0.29) is 0 Å². The highest BCUT2D eigenvalue weighted by atomic mass is 79.9. The third-order valence-corrected chi connectivity index (χ3v) is 2.55. The second kappa shape index (κ2) is 3.79. The predicted octanol–water partition coefficient (Wildman–Crippen LogP) is 2.34. The largest absolute Gasteiger partial charge is 0.179 e. The van der Waals surface area contributed by atoms with Crippen molar-refractivity contribution in [2.45, 2.75) is 18.7 Å². The first-order valence-corrected chi connectivity index (χ1v) is 3.98. The highest BCUT2D eigenvalue weighted by Gasteiger charge is 2.03. The van der Waals surface area contributed by atoms with Gasteiger partial charge in [-0.05, 0) is 11.7 Å². The van der Waals surface area contributed by atoms with Gasteiger partial charge in [0.25, 0.3) is 0 Å². The highest BCUT2D eigenvalue weighted by molar-refractivity contribution is 9.09. The van der Waals surface area contributed by atoms with Crippen molar-refractivity contribution in [3.8, 4) is 0 Å². The van der Waals surface area contributed by atoms with Gasteiger partial charge in [0.2, 0.25) is 0 Å². The molecule has 0 aromatic heterocycles. The van der Waals surface area contributed by atoms with E-state index in [1.54, 1.807) is 0 Å². The molecule has 0 saturated carbocycles. The second-order valence-corrected chi connectivity index (χ2v) is 3.65. The van der Waals surface area contributed by atoms with E-state index in [2.05, 4.69) is 42.4 Å². The summed E-state index contributed by atoms with van der Waals surface area (Å²) in [6.45, 7) is 4.31.